The minimum atomic E-state index is -4.55. The van der Waals surface area contributed by atoms with Crippen molar-refractivity contribution in [1.29, 1.82) is 0 Å². The standard InChI is InChI=1S/C16H12F3N3O/c17-16(18,19)14-9-13(11-5-2-1-3-6-11)21-15(22-14)20-10-12-7-4-8-23-12/h1-9H,10H2,(H,20,21,22). The average Bonchev–Trinajstić information content (AvgIpc) is 3.06. The first-order valence-electron chi connectivity index (χ1n) is 6.80. The highest BCUT2D eigenvalue weighted by Crippen LogP contribution is 2.31. The molecule has 0 bridgehead atoms. The van der Waals surface area contributed by atoms with Crippen molar-refractivity contribution < 1.29 is 17.6 Å². The monoisotopic (exact) mass is 319 g/mol. The number of nitrogens with one attached hydrogen (secondary N) is 1. The van der Waals surface area contributed by atoms with E-state index in [2.05, 4.69) is 15.3 Å². The summed E-state index contributed by atoms with van der Waals surface area (Å²) in [7, 11) is 0. The molecule has 3 rings (SSSR count). The Labute approximate surface area is 130 Å². The van der Waals surface area contributed by atoms with Crippen molar-refractivity contribution in [2.75, 3.05) is 5.32 Å². The Bertz CT molecular complexity index is 771. The lowest BCUT2D eigenvalue weighted by Gasteiger charge is -2.11. The average molecular weight is 319 g/mol. The number of nitrogens with zero attached hydrogens (tertiary/aromatic N) is 2. The third kappa shape index (κ3) is 3.68. The van der Waals surface area contributed by atoms with Gasteiger partial charge in [-0.15, -0.1) is 0 Å². The summed E-state index contributed by atoms with van der Waals surface area (Å²) in [5, 5.41) is 2.75. The summed E-state index contributed by atoms with van der Waals surface area (Å²) in [6, 6.07) is 13.0. The number of anilines is 1. The van der Waals surface area contributed by atoms with E-state index < -0.39 is 11.9 Å². The molecule has 2 aromatic heterocycles. The van der Waals surface area contributed by atoms with Crippen molar-refractivity contribution in [3.05, 3.63) is 66.2 Å². The molecule has 1 aromatic carbocycles. The Morgan fingerprint density at radius 3 is 2.43 bits per heavy atom. The van der Waals surface area contributed by atoms with Gasteiger partial charge in [0.2, 0.25) is 5.95 Å². The number of hydrogen-bond acceptors (Lipinski definition) is 4. The number of rotatable bonds is 4. The van der Waals surface area contributed by atoms with Crippen molar-refractivity contribution >= 4 is 5.95 Å². The van der Waals surface area contributed by atoms with Gasteiger partial charge in [0.1, 0.15) is 5.76 Å². The Hall–Kier alpha value is -2.83. The van der Waals surface area contributed by atoms with E-state index in [0.717, 1.165) is 6.07 Å². The Morgan fingerprint density at radius 1 is 1.00 bits per heavy atom. The Balaban J connectivity index is 1.95. The smallest absolute Gasteiger partial charge is 0.433 e. The van der Waals surface area contributed by atoms with Gasteiger partial charge in [-0.25, -0.2) is 9.97 Å². The topological polar surface area (TPSA) is 51.0 Å². The number of alkyl halides is 3. The van der Waals surface area contributed by atoms with Crippen molar-refractivity contribution in [3.63, 3.8) is 0 Å². The van der Waals surface area contributed by atoms with Gasteiger partial charge in [0, 0.05) is 5.56 Å². The molecule has 0 aliphatic rings. The maximum atomic E-state index is 13.0. The molecule has 2 heterocycles. The van der Waals surface area contributed by atoms with Crippen LogP contribution in [-0.4, -0.2) is 9.97 Å². The second kappa shape index (κ2) is 6.12. The van der Waals surface area contributed by atoms with Gasteiger partial charge in [-0.05, 0) is 18.2 Å². The molecule has 4 nitrogen and oxygen atoms in total. The number of benzene rings is 1. The predicted molar refractivity (Wildman–Crippen MR) is 78.5 cm³/mol. The summed E-state index contributed by atoms with van der Waals surface area (Å²) in [5.41, 5.74) is -0.204. The molecule has 23 heavy (non-hydrogen) atoms. The van der Waals surface area contributed by atoms with Gasteiger partial charge in [-0.3, -0.25) is 0 Å². The van der Waals surface area contributed by atoms with E-state index in [-0.39, 0.29) is 18.2 Å². The molecule has 0 radical (unpaired) electrons. The van der Waals surface area contributed by atoms with Crippen molar-refractivity contribution in [2.24, 2.45) is 0 Å². The van der Waals surface area contributed by atoms with Crippen molar-refractivity contribution in [3.8, 4) is 11.3 Å². The molecule has 3 aromatic rings. The van der Waals surface area contributed by atoms with E-state index in [1.807, 2.05) is 0 Å². The third-order valence-corrected chi connectivity index (χ3v) is 3.09. The van der Waals surface area contributed by atoms with E-state index in [0.29, 0.717) is 11.3 Å². The van der Waals surface area contributed by atoms with E-state index in [4.69, 9.17) is 4.42 Å². The third-order valence-electron chi connectivity index (χ3n) is 3.09. The largest absolute Gasteiger partial charge is 0.467 e. The zero-order chi connectivity index (χ0) is 16.3. The highest BCUT2D eigenvalue weighted by molar-refractivity contribution is 5.60. The van der Waals surface area contributed by atoms with Crippen LogP contribution in [0.1, 0.15) is 11.5 Å². The molecule has 0 saturated heterocycles. The molecule has 0 spiro atoms. The molecular formula is C16H12F3N3O. The zero-order valence-corrected chi connectivity index (χ0v) is 11.8. The van der Waals surface area contributed by atoms with Crippen LogP contribution >= 0.6 is 0 Å². The number of hydrogen-bond donors (Lipinski definition) is 1. The van der Waals surface area contributed by atoms with Gasteiger partial charge in [-0.2, -0.15) is 13.2 Å². The summed E-state index contributed by atoms with van der Waals surface area (Å²) < 4.78 is 44.2. The lowest BCUT2D eigenvalue weighted by Crippen LogP contribution is -2.12. The molecule has 7 heteroatoms. The fourth-order valence-corrected chi connectivity index (χ4v) is 2.01. The first kappa shape index (κ1) is 15.1. The number of aromatic nitrogens is 2. The maximum Gasteiger partial charge on any atom is 0.433 e. The summed E-state index contributed by atoms with van der Waals surface area (Å²) >= 11 is 0. The van der Waals surface area contributed by atoms with Crippen LogP contribution in [0.3, 0.4) is 0 Å². The van der Waals surface area contributed by atoms with E-state index >= 15 is 0 Å². The number of furan rings is 1. The summed E-state index contributed by atoms with van der Waals surface area (Å²) in [6.07, 6.45) is -3.06. The van der Waals surface area contributed by atoms with Crippen LogP contribution < -0.4 is 5.32 Å². The SMILES string of the molecule is FC(F)(F)c1cc(-c2ccccc2)nc(NCc2ccco2)n1. The summed E-state index contributed by atoms with van der Waals surface area (Å²) in [4.78, 5) is 7.69. The lowest BCUT2D eigenvalue weighted by molar-refractivity contribution is -0.141. The zero-order valence-electron chi connectivity index (χ0n) is 11.8. The molecule has 0 aliphatic carbocycles. The van der Waals surface area contributed by atoms with E-state index in [1.54, 1.807) is 42.5 Å². The van der Waals surface area contributed by atoms with Gasteiger partial charge in [0.15, 0.2) is 5.69 Å². The number of halogens is 3. The molecule has 0 aliphatic heterocycles. The normalized spacial score (nSPS) is 11.4. The van der Waals surface area contributed by atoms with Crippen LogP contribution in [0.15, 0.2) is 59.2 Å². The van der Waals surface area contributed by atoms with Crippen molar-refractivity contribution in [2.45, 2.75) is 12.7 Å². The van der Waals surface area contributed by atoms with Crippen LogP contribution in [0.5, 0.6) is 0 Å². The fraction of sp³-hybridized carbons (Fsp3) is 0.125. The highest BCUT2D eigenvalue weighted by atomic mass is 19.4. The van der Waals surface area contributed by atoms with Crippen LogP contribution in [0.2, 0.25) is 0 Å². The van der Waals surface area contributed by atoms with Crippen LogP contribution in [0.25, 0.3) is 11.3 Å². The maximum absolute atomic E-state index is 13.0. The molecule has 1 N–H and O–H groups in total. The molecular weight excluding hydrogens is 307 g/mol. The molecule has 0 saturated carbocycles. The minimum Gasteiger partial charge on any atom is -0.467 e. The highest BCUT2D eigenvalue weighted by Gasteiger charge is 2.33. The lowest BCUT2D eigenvalue weighted by atomic mass is 10.1. The van der Waals surface area contributed by atoms with Gasteiger partial charge in [0.25, 0.3) is 0 Å². The van der Waals surface area contributed by atoms with Crippen molar-refractivity contribution in [1.82, 2.24) is 9.97 Å². The minimum absolute atomic E-state index is 0.102. The van der Waals surface area contributed by atoms with E-state index in [1.165, 1.54) is 6.26 Å². The van der Waals surface area contributed by atoms with Gasteiger partial charge < -0.3 is 9.73 Å². The molecule has 0 atom stereocenters. The summed E-state index contributed by atoms with van der Waals surface area (Å²) in [6.45, 7) is 0.197. The predicted octanol–water partition coefficient (Wildman–Crippen LogP) is 4.37. The second-order valence-corrected chi connectivity index (χ2v) is 4.76. The van der Waals surface area contributed by atoms with Gasteiger partial charge >= 0.3 is 6.18 Å². The summed E-state index contributed by atoms with van der Waals surface area (Å²) in [5.74, 6) is 0.474. The first-order valence-corrected chi connectivity index (χ1v) is 6.80. The van der Waals surface area contributed by atoms with Gasteiger partial charge in [-0.1, -0.05) is 30.3 Å². The molecule has 118 valence electrons. The molecule has 0 fully saturated rings. The Kier molecular flexibility index (Phi) is 4.01. The first-order chi connectivity index (χ1) is 11.0. The van der Waals surface area contributed by atoms with E-state index in [9.17, 15) is 13.2 Å². The Morgan fingerprint density at radius 2 is 1.78 bits per heavy atom. The quantitative estimate of drug-likeness (QED) is 0.776. The van der Waals surface area contributed by atoms with Crippen LogP contribution in [0.4, 0.5) is 19.1 Å². The van der Waals surface area contributed by atoms with Crippen LogP contribution in [0, 0.1) is 0 Å². The van der Waals surface area contributed by atoms with Gasteiger partial charge in [0.05, 0.1) is 18.5 Å². The molecule has 0 amide bonds. The molecule has 0 unspecified atom stereocenters. The van der Waals surface area contributed by atoms with Crippen LogP contribution in [-0.2, 0) is 12.7 Å². The second-order valence-electron chi connectivity index (χ2n) is 4.76. The fourth-order valence-electron chi connectivity index (χ4n) is 2.01.